The van der Waals surface area contributed by atoms with Crippen molar-refractivity contribution in [3.05, 3.63) is 65.0 Å². The fourth-order valence-electron chi connectivity index (χ4n) is 2.48. The highest BCUT2D eigenvalue weighted by Crippen LogP contribution is 2.21. The summed E-state index contributed by atoms with van der Waals surface area (Å²) in [5.41, 5.74) is 9.29. The van der Waals surface area contributed by atoms with Crippen molar-refractivity contribution in [2.75, 3.05) is 7.11 Å². The molecular formula is C18H22FNO. The summed E-state index contributed by atoms with van der Waals surface area (Å²) in [4.78, 5) is 0. The Morgan fingerprint density at radius 2 is 1.95 bits per heavy atom. The van der Waals surface area contributed by atoms with E-state index in [2.05, 4.69) is 31.2 Å². The first-order valence-corrected chi connectivity index (χ1v) is 7.22. The number of hydrogen-bond donors (Lipinski definition) is 1. The lowest BCUT2D eigenvalue weighted by Gasteiger charge is -2.13. The highest BCUT2D eigenvalue weighted by Gasteiger charge is 2.12. The number of benzene rings is 2. The number of hydrogen-bond acceptors (Lipinski definition) is 2. The summed E-state index contributed by atoms with van der Waals surface area (Å²) < 4.78 is 19.1. The van der Waals surface area contributed by atoms with Crippen LogP contribution in [0.15, 0.2) is 42.5 Å². The minimum absolute atomic E-state index is 0.0629. The molecule has 0 aliphatic heterocycles. The van der Waals surface area contributed by atoms with E-state index in [1.165, 1.54) is 18.2 Å². The van der Waals surface area contributed by atoms with Crippen molar-refractivity contribution >= 4 is 0 Å². The van der Waals surface area contributed by atoms with Gasteiger partial charge in [0.1, 0.15) is 0 Å². The van der Waals surface area contributed by atoms with Gasteiger partial charge in [-0.3, -0.25) is 0 Å². The van der Waals surface area contributed by atoms with Crippen LogP contribution in [0.5, 0.6) is 5.75 Å². The number of rotatable bonds is 6. The molecule has 0 aromatic heterocycles. The van der Waals surface area contributed by atoms with E-state index in [9.17, 15) is 4.39 Å². The Bertz CT molecular complexity index is 598. The van der Waals surface area contributed by atoms with Gasteiger partial charge in [-0.1, -0.05) is 42.0 Å². The Hall–Kier alpha value is -1.87. The zero-order valence-corrected chi connectivity index (χ0v) is 12.6. The highest BCUT2D eigenvalue weighted by molar-refractivity contribution is 5.31. The standard InChI is InChI=1S/C18H22FNO/c1-13-5-3-6-14(11-13)9-10-16(20)12-15-7-4-8-17(21-2)18(15)19/h3-8,11,16H,9-10,12,20H2,1-2H3. The van der Waals surface area contributed by atoms with Crippen molar-refractivity contribution in [1.29, 1.82) is 0 Å². The van der Waals surface area contributed by atoms with Gasteiger partial charge in [-0.2, -0.15) is 0 Å². The largest absolute Gasteiger partial charge is 0.494 e. The molecule has 0 bridgehead atoms. The van der Waals surface area contributed by atoms with Gasteiger partial charge in [0, 0.05) is 6.04 Å². The Morgan fingerprint density at radius 3 is 2.67 bits per heavy atom. The van der Waals surface area contributed by atoms with Gasteiger partial charge >= 0.3 is 0 Å². The van der Waals surface area contributed by atoms with Crippen LogP contribution in [0.25, 0.3) is 0 Å². The van der Waals surface area contributed by atoms with Crippen LogP contribution in [0.3, 0.4) is 0 Å². The van der Waals surface area contributed by atoms with E-state index in [0.717, 1.165) is 12.8 Å². The number of halogens is 1. The molecule has 0 aliphatic carbocycles. The first-order chi connectivity index (χ1) is 10.1. The molecule has 0 fully saturated rings. The molecule has 0 aliphatic rings. The minimum Gasteiger partial charge on any atom is -0.494 e. The molecule has 0 saturated heterocycles. The molecule has 21 heavy (non-hydrogen) atoms. The Kier molecular flexibility index (Phi) is 5.34. The van der Waals surface area contributed by atoms with E-state index in [1.54, 1.807) is 18.2 Å². The van der Waals surface area contributed by atoms with Gasteiger partial charge in [-0.25, -0.2) is 4.39 Å². The van der Waals surface area contributed by atoms with Gasteiger partial charge in [0.2, 0.25) is 0 Å². The topological polar surface area (TPSA) is 35.2 Å². The van der Waals surface area contributed by atoms with Crippen LogP contribution in [0.4, 0.5) is 4.39 Å². The van der Waals surface area contributed by atoms with Crippen molar-refractivity contribution in [3.63, 3.8) is 0 Å². The number of methoxy groups -OCH3 is 1. The SMILES string of the molecule is COc1cccc(CC(N)CCc2cccc(C)c2)c1F. The van der Waals surface area contributed by atoms with E-state index in [1.807, 2.05) is 0 Å². The lowest BCUT2D eigenvalue weighted by Crippen LogP contribution is -2.24. The van der Waals surface area contributed by atoms with Crippen LogP contribution in [-0.2, 0) is 12.8 Å². The Labute approximate surface area is 125 Å². The quantitative estimate of drug-likeness (QED) is 0.880. The second-order valence-corrected chi connectivity index (χ2v) is 5.43. The Morgan fingerprint density at radius 1 is 1.19 bits per heavy atom. The Balaban J connectivity index is 1.94. The predicted octanol–water partition coefficient (Wildman–Crippen LogP) is 3.65. The number of nitrogens with two attached hydrogens (primary N) is 1. The van der Waals surface area contributed by atoms with Gasteiger partial charge in [0.15, 0.2) is 11.6 Å². The second-order valence-electron chi connectivity index (χ2n) is 5.43. The third-order valence-electron chi connectivity index (χ3n) is 3.63. The highest BCUT2D eigenvalue weighted by atomic mass is 19.1. The molecule has 0 heterocycles. The fourth-order valence-corrected chi connectivity index (χ4v) is 2.48. The maximum absolute atomic E-state index is 14.1. The molecule has 1 atom stereocenters. The van der Waals surface area contributed by atoms with E-state index in [-0.39, 0.29) is 17.6 Å². The van der Waals surface area contributed by atoms with E-state index in [4.69, 9.17) is 10.5 Å². The van der Waals surface area contributed by atoms with Gasteiger partial charge in [-0.15, -0.1) is 0 Å². The average molecular weight is 287 g/mol. The van der Waals surface area contributed by atoms with Crippen molar-refractivity contribution in [3.8, 4) is 5.75 Å². The molecule has 0 radical (unpaired) electrons. The van der Waals surface area contributed by atoms with Crippen molar-refractivity contribution in [1.82, 2.24) is 0 Å². The van der Waals surface area contributed by atoms with Crippen molar-refractivity contribution in [2.24, 2.45) is 5.73 Å². The molecule has 0 spiro atoms. The van der Waals surface area contributed by atoms with Gasteiger partial charge in [0.05, 0.1) is 7.11 Å². The second kappa shape index (κ2) is 7.23. The zero-order valence-electron chi connectivity index (χ0n) is 12.6. The molecule has 2 rings (SSSR count). The molecule has 2 N–H and O–H groups in total. The normalized spacial score (nSPS) is 12.2. The molecule has 1 unspecified atom stereocenters. The fraction of sp³-hybridized carbons (Fsp3) is 0.333. The molecule has 2 aromatic carbocycles. The van der Waals surface area contributed by atoms with Crippen LogP contribution in [-0.4, -0.2) is 13.2 Å². The molecule has 0 amide bonds. The summed E-state index contributed by atoms with van der Waals surface area (Å²) in [5.74, 6) is -0.0237. The van der Waals surface area contributed by atoms with E-state index >= 15 is 0 Å². The summed E-state index contributed by atoms with van der Waals surface area (Å²) in [6.07, 6.45) is 2.27. The molecule has 2 nitrogen and oxygen atoms in total. The summed E-state index contributed by atoms with van der Waals surface area (Å²) >= 11 is 0. The third-order valence-corrected chi connectivity index (χ3v) is 3.63. The zero-order chi connectivity index (χ0) is 15.2. The van der Waals surface area contributed by atoms with Crippen molar-refractivity contribution in [2.45, 2.75) is 32.2 Å². The van der Waals surface area contributed by atoms with Gasteiger partial charge in [-0.05, 0) is 43.4 Å². The lowest BCUT2D eigenvalue weighted by atomic mass is 9.98. The smallest absolute Gasteiger partial charge is 0.168 e. The average Bonchev–Trinajstić information content (AvgIpc) is 2.47. The first kappa shape index (κ1) is 15.5. The summed E-state index contributed by atoms with van der Waals surface area (Å²) in [5, 5.41) is 0. The van der Waals surface area contributed by atoms with Crippen LogP contribution < -0.4 is 10.5 Å². The van der Waals surface area contributed by atoms with Crippen LogP contribution >= 0.6 is 0 Å². The summed E-state index contributed by atoms with van der Waals surface area (Å²) in [6.45, 7) is 2.08. The molecule has 112 valence electrons. The van der Waals surface area contributed by atoms with Gasteiger partial charge < -0.3 is 10.5 Å². The van der Waals surface area contributed by atoms with Crippen LogP contribution in [0.1, 0.15) is 23.1 Å². The molecular weight excluding hydrogens is 265 g/mol. The lowest BCUT2D eigenvalue weighted by molar-refractivity contribution is 0.383. The first-order valence-electron chi connectivity index (χ1n) is 7.22. The number of aryl methyl sites for hydroxylation is 2. The molecule has 2 aromatic rings. The maximum atomic E-state index is 14.1. The monoisotopic (exact) mass is 287 g/mol. The maximum Gasteiger partial charge on any atom is 0.168 e. The van der Waals surface area contributed by atoms with Crippen molar-refractivity contribution < 1.29 is 9.13 Å². The summed E-state index contributed by atoms with van der Waals surface area (Å²) in [6, 6.07) is 13.5. The molecule has 0 saturated carbocycles. The van der Waals surface area contributed by atoms with Crippen LogP contribution in [0.2, 0.25) is 0 Å². The predicted molar refractivity (Wildman–Crippen MR) is 84.1 cm³/mol. The van der Waals surface area contributed by atoms with E-state index in [0.29, 0.717) is 12.0 Å². The number of ether oxygens (including phenoxy) is 1. The van der Waals surface area contributed by atoms with Gasteiger partial charge in [0.25, 0.3) is 0 Å². The van der Waals surface area contributed by atoms with E-state index < -0.39 is 0 Å². The summed E-state index contributed by atoms with van der Waals surface area (Å²) in [7, 11) is 1.47. The van der Waals surface area contributed by atoms with Crippen LogP contribution in [0, 0.1) is 12.7 Å². The minimum atomic E-state index is -0.300. The molecule has 3 heteroatoms. The third kappa shape index (κ3) is 4.30.